The van der Waals surface area contributed by atoms with Gasteiger partial charge in [0.25, 0.3) is 0 Å². The maximum atomic E-state index is 11.6. The molecule has 0 amide bonds. The highest BCUT2D eigenvalue weighted by Gasteiger charge is 2.06. The largest absolute Gasteiger partial charge is 0.364 e. The van der Waals surface area contributed by atoms with E-state index in [0.717, 1.165) is 16.9 Å². The molecule has 88 valence electrons. The molecule has 0 aliphatic rings. The van der Waals surface area contributed by atoms with Gasteiger partial charge in [-0.05, 0) is 17.7 Å². The molecule has 4 heteroatoms. The SMILES string of the molecule is CN(C)c1cc(-c2ccccc2Cl)cc(=O)[nH]1. The summed E-state index contributed by atoms with van der Waals surface area (Å²) in [4.78, 5) is 16.2. The predicted octanol–water partition coefficient (Wildman–Crippen LogP) is 2.76. The summed E-state index contributed by atoms with van der Waals surface area (Å²) in [5, 5.41) is 0.641. The highest BCUT2D eigenvalue weighted by Crippen LogP contribution is 2.27. The van der Waals surface area contributed by atoms with Crippen LogP contribution in [-0.4, -0.2) is 19.1 Å². The Hall–Kier alpha value is -1.74. The Kier molecular flexibility index (Phi) is 3.20. The molecule has 0 saturated carbocycles. The van der Waals surface area contributed by atoms with Gasteiger partial charge in [-0.3, -0.25) is 4.79 Å². The first-order valence-electron chi connectivity index (χ1n) is 5.24. The smallest absolute Gasteiger partial charge is 0.250 e. The lowest BCUT2D eigenvalue weighted by Gasteiger charge is -2.13. The predicted molar refractivity (Wildman–Crippen MR) is 71.8 cm³/mol. The fourth-order valence-corrected chi connectivity index (χ4v) is 1.87. The van der Waals surface area contributed by atoms with Gasteiger partial charge in [-0.1, -0.05) is 29.8 Å². The van der Waals surface area contributed by atoms with E-state index < -0.39 is 0 Å². The molecule has 0 radical (unpaired) electrons. The van der Waals surface area contributed by atoms with E-state index in [1.54, 1.807) is 6.07 Å². The van der Waals surface area contributed by atoms with Gasteiger partial charge in [-0.25, -0.2) is 0 Å². The van der Waals surface area contributed by atoms with Crippen LogP contribution in [0, 0.1) is 0 Å². The van der Waals surface area contributed by atoms with Crippen LogP contribution in [0.2, 0.25) is 5.02 Å². The number of hydrogen-bond donors (Lipinski definition) is 1. The second-order valence-electron chi connectivity index (χ2n) is 3.99. The van der Waals surface area contributed by atoms with Crippen molar-refractivity contribution in [3.63, 3.8) is 0 Å². The number of aromatic nitrogens is 1. The molecular weight excluding hydrogens is 236 g/mol. The Morgan fingerprint density at radius 1 is 1.18 bits per heavy atom. The molecule has 0 atom stereocenters. The summed E-state index contributed by atoms with van der Waals surface area (Å²) in [5.74, 6) is 0.757. The number of aromatic amines is 1. The molecule has 2 rings (SSSR count). The monoisotopic (exact) mass is 248 g/mol. The summed E-state index contributed by atoms with van der Waals surface area (Å²) >= 11 is 6.12. The molecule has 0 aliphatic heterocycles. The van der Waals surface area contributed by atoms with Crippen LogP contribution < -0.4 is 10.5 Å². The molecule has 2 aromatic rings. The van der Waals surface area contributed by atoms with Crippen molar-refractivity contribution in [1.29, 1.82) is 0 Å². The van der Waals surface area contributed by atoms with Crippen LogP contribution in [-0.2, 0) is 0 Å². The van der Waals surface area contributed by atoms with E-state index in [2.05, 4.69) is 4.98 Å². The molecule has 0 unspecified atom stereocenters. The van der Waals surface area contributed by atoms with E-state index in [4.69, 9.17) is 11.6 Å². The van der Waals surface area contributed by atoms with Crippen molar-refractivity contribution in [3.8, 4) is 11.1 Å². The van der Waals surface area contributed by atoms with Crippen LogP contribution in [0.15, 0.2) is 41.2 Å². The number of H-pyrrole nitrogens is 1. The molecule has 1 heterocycles. The average molecular weight is 249 g/mol. The maximum Gasteiger partial charge on any atom is 0.250 e. The van der Waals surface area contributed by atoms with Gasteiger partial charge in [0.05, 0.1) is 0 Å². The minimum atomic E-state index is -0.133. The zero-order valence-corrected chi connectivity index (χ0v) is 10.5. The van der Waals surface area contributed by atoms with Gasteiger partial charge in [0.15, 0.2) is 0 Å². The molecule has 0 fully saturated rings. The summed E-state index contributed by atoms with van der Waals surface area (Å²) in [7, 11) is 3.75. The van der Waals surface area contributed by atoms with Gasteiger partial charge in [0.2, 0.25) is 5.56 Å². The minimum Gasteiger partial charge on any atom is -0.364 e. The van der Waals surface area contributed by atoms with Crippen molar-refractivity contribution in [2.24, 2.45) is 0 Å². The third-order valence-electron chi connectivity index (χ3n) is 2.50. The van der Waals surface area contributed by atoms with Crippen molar-refractivity contribution in [2.45, 2.75) is 0 Å². The molecule has 1 aromatic carbocycles. The zero-order chi connectivity index (χ0) is 12.4. The Balaban J connectivity index is 2.60. The fraction of sp³-hybridized carbons (Fsp3) is 0.154. The van der Waals surface area contributed by atoms with Crippen molar-refractivity contribution in [2.75, 3.05) is 19.0 Å². The van der Waals surface area contributed by atoms with Gasteiger partial charge >= 0.3 is 0 Å². The van der Waals surface area contributed by atoms with Crippen LogP contribution in [0.25, 0.3) is 11.1 Å². The van der Waals surface area contributed by atoms with E-state index in [-0.39, 0.29) is 5.56 Å². The topological polar surface area (TPSA) is 36.1 Å². The Labute approximate surface area is 105 Å². The number of pyridine rings is 1. The highest BCUT2D eigenvalue weighted by atomic mass is 35.5. The van der Waals surface area contributed by atoms with E-state index in [1.807, 2.05) is 49.3 Å². The van der Waals surface area contributed by atoms with Crippen LogP contribution in [0.1, 0.15) is 0 Å². The molecule has 0 saturated heterocycles. The van der Waals surface area contributed by atoms with Gasteiger partial charge in [0.1, 0.15) is 5.82 Å². The number of anilines is 1. The third-order valence-corrected chi connectivity index (χ3v) is 2.83. The summed E-state index contributed by atoms with van der Waals surface area (Å²) < 4.78 is 0. The highest BCUT2D eigenvalue weighted by molar-refractivity contribution is 6.33. The first-order valence-corrected chi connectivity index (χ1v) is 5.62. The molecule has 1 aromatic heterocycles. The lowest BCUT2D eigenvalue weighted by Crippen LogP contribution is -2.16. The van der Waals surface area contributed by atoms with Gasteiger partial charge in [0, 0.05) is 30.7 Å². The van der Waals surface area contributed by atoms with Crippen molar-refractivity contribution in [1.82, 2.24) is 4.98 Å². The van der Waals surface area contributed by atoms with E-state index in [1.165, 1.54) is 0 Å². The summed E-state index contributed by atoms with van der Waals surface area (Å²) in [6.07, 6.45) is 0. The van der Waals surface area contributed by atoms with Gasteiger partial charge in [-0.15, -0.1) is 0 Å². The Morgan fingerprint density at radius 3 is 2.53 bits per heavy atom. The molecule has 3 nitrogen and oxygen atoms in total. The zero-order valence-electron chi connectivity index (χ0n) is 9.70. The molecular formula is C13H13ClN2O. The van der Waals surface area contributed by atoms with Crippen LogP contribution in [0.3, 0.4) is 0 Å². The molecule has 0 aliphatic carbocycles. The number of nitrogens with zero attached hydrogens (tertiary/aromatic N) is 1. The normalized spacial score (nSPS) is 10.3. The van der Waals surface area contributed by atoms with Crippen molar-refractivity contribution < 1.29 is 0 Å². The van der Waals surface area contributed by atoms with Crippen LogP contribution in [0.4, 0.5) is 5.82 Å². The second-order valence-corrected chi connectivity index (χ2v) is 4.40. The van der Waals surface area contributed by atoms with Crippen LogP contribution >= 0.6 is 11.6 Å². The second kappa shape index (κ2) is 4.63. The summed E-state index contributed by atoms with van der Waals surface area (Å²) in [6, 6.07) is 10.9. The lowest BCUT2D eigenvalue weighted by atomic mass is 10.1. The molecule has 0 bridgehead atoms. The van der Waals surface area contributed by atoms with Gasteiger partial charge < -0.3 is 9.88 Å². The summed E-state index contributed by atoms with van der Waals surface area (Å²) in [6.45, 7) is 0. The number of halogens is 1. The molecule has 17 heavy (non-hydrogen) atoms. The first-order chi connectivity index (χ1) is 8.08. The Morgan fingerprint density at radius 2 is 1.88 bits per heavy atom. The quantitative estimate of drug-likeness (QED) is 0.887. The summed E-state index contributed by atoms with van der Waals surface area (Å²) in [5.41, 5.74) is 1.55. The number of nitrogens with one attached hydrogen (secondary N) is 1. The molecule has 0 spiro atoms. The first kappa shape index (κ1) is 11.7. The third kappa shape index (κ3) is 2.50. The number of rotatable bonds is 2. The fourth-order valence-electron chi connectivity index (χ4n) is 1.62. The van der Waals surface area contributed by atoms with E-state index >= 15 is 0 Å². The van der Waals surface area contributed by atoms with Crippen molar-refractivity contribution in [3.05, 3.63) is 51.8 Å². The molecule has 1 N–H and O–H groups in total. The number of benzene rings is 1. The standard InChI is InChI=1S/C13H13ClN2O/c1-16(2)12-7-9(8-13(17)15-12)10-5-3-4-6-11(10)14/h3-8H,1-2H3,(H,15,17). The van der Waals surface area contributed by atoms with E-state index in [0.29, 0.717) is 5.02 Å². The Bertz CT molecular complexity index is 590. The average Bonchev–Trinajstić information content (AvgIpc) is 2.28. The van der Waals surface area contributed by atoms with Crippen LogP contribution in [0.5, 0.6) is 0 Å². The maximum absolute atomic E-state index is 11.6. The lowest BCUT2D eigenvalue weighted by molar-refractivity contribution is 1.05. The van der Waals surface area contributed by atoms with E-state index in [9.17, 15) is 4.79 Å². The van der Waals surface area contributed by atoms with Crippen molar-refractivity contribution >= 4 is 17.4 Å². The van der Waals surface area contributed by atoms with Gasteiger partial charge in [-0.2, -0.15) is 0 Å². The number of hydrogen-bond acceptors (Lipinski definition) is 2. The minimum absolute atomic E-state index is 0.133.